The summed E-state index contributed by atoms with van der Waals surface area (Å²) in [5.74, 6) is 1.24. The number of benzene rings is 1. The summed E-state index contributed by atoms with van der Waals surface area (Å²) in [7, 11) is 1.66. The van der Waals surface area contributed by atoms with Gasteiger partial charge in [0.15, 0.2) is 0 Å². The number of thiophene rings is 1. The van der Waals surface area contributed by atoms with Gasteiger partial charge in [-0.05, 0) is 29.5 Å². The Balaban J connectivity index is 2.80. The number of aromatic hydroxyl groups is 1. The topological polar surface area (TPSA) is 29.5 Å². The number of aryl methyl sites for hydroxylation is 1. The molecule has 2 aromatic rings. The van der Waals surface area contributed by atoms with Crippen LogP contribution in [0.3, 0.4) is 0 Å². The third-order valence-electron chi connectivity index (χ3n) is 2.36. The fourth-order valence-corrected chi connectivity index (χ4v) is 2.45. The van der Waals surface area contributed by atoms with E-state index in [1.807, 2.05) is 24.4 Å². The van der Waals surface area contributed by atoms with Crippen LogP contribution >= 0.6 is 11.3 Å². The Morgan fingerprint density at radius 1 is 1.50 bits per heavy atom. The summed E-state index contributed by atoms with van der Waals surface area (Å²) in [4.78, 5) is 0. The van der Waals surface area contributed by atoms with E-state index in [1.54, 1.807) is 18.4 Å². The van der Waals surface area contributed by atoms with E-state index in [4.69, 9.17) is 4.74 Å². The average Bonchev–Trinajstić information content (AvgIpc) is 2.68. The highest BCUT2D eigenvalue weighted by molar-refractivity contribution is 7.17. The van der Waals surface area contributed by atoms with Crippen LogP contribution in [0.2, 0.25) is 0 Å². The maximum atomic E-state index is 9.91. The van der Waals surface area contributed by atoms with Gasteiger partial charge in [-0.25, -0.2) is 0 Å². The Kier molecular flexibility index (Phi) is 2.33. The van der Waals surface area contributed by atoms with Crippen molar-refractivity contribution in [3.05, 3.63) is 23.1 Å². The minimum atomic E-state index is 0.401. The first kappa shape index (κ1) is 9.34. The number of methoxy groups -OCH3 is 1. The summed E-state index contributed by atoms with van der Waals surface area (Å²) in [6.45, 7) is 2.02. The monoisotopic (exact) mass is 208 g/mol. The lowest BCUT2D eigenvalue weighted by atomic mass is 10.1. The lowest BCUT2D eigenvalue weighted by Crippen LogP contribution is -1.87. The van der Waals surface area contributed by atoms with Gasteiger partial charge in [0, 0.05) is 5.39 Å². The van der Waals surface area contributed by atoms with Crippen molar-refractivity contribution >= 4 is 21.4 Å². The Labute approximate surface area is 86.8 Å². The first-order valence-corrected chi connectivity index (χ1v) is 5.42. The number of hydrogen-bond donors (Lipinski definition) is 1. The van der Waals surface area contributed by atoms with Crippen molar-refractivity contribution in [2.24, 2.45) is 0 Å². The third-order valence-corrected chi connectivity index (χ3v) is 3.28. The Bertz CT molecular complexity index is 460. The zero-order valence-electron chi connectivity index (χ0n) is 8.20. The van der Waals surface area contributed by atoms with Crippen molar-refractivity contribution in [2.45, 2.75) is 13.3 Å². The van der Waals surface area contributed by atoms with E-state index < -0.39 is 0 Å². The van der Waals surface area contributed by atoms with Crippen LogP contribution in [0.15, 0.2) is 17.5 Å². The van der Waals surface area contributed by atoms with E-state index in [2.05, 4.69) is 0 Å². The normalized spacial score (nSPS) is 10.7. The molecule has 74 valence electrons. The Morgan fingerprint density at radius 3 is 2.93 bits per heavy atom. The van der Waals surface area contributed by atoms with Crippen molar-refractivity contribution in [1.29, 1.82) is 0 Å². The van der Waals surface area contributed by atoms with Gasteiger partial charge in [0.2, 0.25) is 0 Å². The zero-order chi connectivity index (χ0) is 10.1. The van der Waals surface area contributed by atoms with E-state index in [0.717, 1.165) is 27.8 Å². The predicted molar refractivity (Wildman–Crippen MR) is 59.4 cm³/mol. The van der Waals surface area contributed by atoms with Crippen molar-refractivity contribution in [1.82, 2.24) is 0 Å². The fraction of sp³-hybridized carbons (Fsp3) is 0.273. The fourth-order valence-electron chi connectivity index (χ4n) is 1.58. The Hall–Kier alpha value is -1.22. The van der Waals surface area contributed by atoms with Gasteiger partial charge < -0.3 is 9.84 Å². The molecule has 1 aromatic heterocycles. The summed E-state index contributed by atoms with van der Waals surface area (Å²) in [6.07, 6.45) is 0.816. The molecule has 0 fully saturated rings. The minimum absolute atomic E-state index is 0.401. The SMILES string of the molecule is CCc1cc(OC)c2ccsc2c1O. The molecular weight excluding hydrogens is 196 g/mol. The number of hydrogen-bond acceptors (Lipinski definition) is 3. The van der Waals surface area contributed by atoms with Gasteiger partial charge in [0.25, 0.3) is 0 Å². The molecule has 0 saturated carbocycles. The molecule has 0 aliphatic rings. The quantitative estimate of drug-likeness (QED) is 0.821. The molecule has 0 bridgehead atoms. The van der Waals surface area contributed by atoms with Gasteiger partial charge in [-0.1, -0.05) is 6.92 Å². The van der Waals surface area contributed by atoms with Crippen molar-refractivity contribution in [3.8, 4) is 11.5 Å². The molecule has 0 amide bonds. The summed E-state index contributed by atoms with van der Waals surface area (Å²) < 4.78 is 6.20. The highest BCUT2D eigenvalue weighted by Gasteiger charge is 2.11. The average molecular weight is 208 g/mol. The van der Waals surface area contributed by atoms with Gasteiger partial charge in [-0.3, -0.25) is 0 Å². The van der Waals surface area contributed by atoms with Gasteiger partial charge in [-0.2, -0.15) is 0 Å². The molecule has 1 aromatic carbocycles. The molecule has 0 spiro atoms. The van der Waals surface area contributed by atoms with Crippen molar-refractivity contribution in [3.63, 3.8) is 0 Å². The molecule has 1 heterocycles. The van der Waals surface area contributed by atoms with Crippen LogP contribution in [0.4, 0.5) is 0 Å². The smallest absolute Gasteiger partial charge is 0.136 e. The second-order valence-electron chi connectivity index (χ2n) is 3.10. The van der Waals surface area contributed by atoms with Gasteiger partial charge in [0.05, 0.1) is 11.8 Å². The maximum absolute atomic E-state index is 9.91. The van der Waals surface area contributed by atoms with Crippen LogP contribution in [-0.2, 0) is 6.42 Å². The van der Waals surface area contributed by atoms with Gasteiger partial charge in [-0.15, -0.1) is 11.3 Å². The molecule has 3 heteroatoms. The third kappa shape index (κ3) is 1.24. The van der Waals surface area contributed by atoms with Crippen LogP contribution in [0, 0.1) is 0 Å². The van der Waals surface area contributed by atoms with Crippen LogP contribution in [-0.4, -0.2) is 12.2 Å². The predicted octanol–water partition coefficient (Wildman–Crippen LogP) is 3.18. The first-order chi connectivity index (χ1) is 6.77. The summed E-state index contributed by atoms with van der Waals surface area (Å²) in [5.41, 5.74) is 0.941. The summed E-state index contributed by atoms with van der Waals surface area (Å²) >= 11 is 1.54. The van der Waals surface area contributed by atoms with Gasteiger partial charge >= 0.3 is 0 Å². The second-order valence-corrected chi connectivity index (χ2v) is 4.02. The summed E-state index contributed by atoms with van der Waals surface area (Å²) in [6, 6.07) is 3.88. The van der Waals surface area contributed by atoms with Crippen molar-refractivity contribution < 1.29 is 9.84 Å². The molecule has 0 aliphatic heterocycles. The van der Waals surface area contributed by atoms with E-state index >= 15 is 0 Å². The molecule has 2 rings (SSSR count). The molecule has 0 saturated heterocycles. The second kappa shape index (κ2) is 3.50. The van der Waals surface area contributed by atoms with Crippen LogP contribution in [0.25, 0.3) is 10.1 Å². The summed E-state index contributed by atoms with van der Waals surface area (Å²) in [5, 5.41) is 12.9. The number of phenols is 1. The minimum Gasteiger partial charge on any atom is -0.506 e. The molecule has 0 atom stereocenters. The molecule has 0 radical (unpaired) electrons. The highest BCUT2D eigenvalue weighted by atomic mass is 32.1. The number of rotatable bonds is 2. The lowest BCUT2D eigenvalue weighted by Gasteiger charge is -2.07. The largest absolute Gasteiger partial charge is 0.506 e. The Morgan fingerprint density at radius 2 is 2.29 bits per heavy atom. The van der Waals surface area contributed by atoms with Crippen LogP contribution < -0.4 is 4.74 Å². The van der Waals surface area contributed by atoms with E-state index in [0.29, 0.717) is 5.75 Å². The molecular formula is C11H12O2S. The molecule has 0 aliphatic carbocycles. The van der Waals surface area contributed by atoms with Gasteiger partial charge in [0.1, 0.15) is 11.5 Å². The maximum Gasteiger partial charge on any atom is 0.136 e. The standard InChI is InChI=1S/C11H12O2S/c1-3-7-6-9(13-2)8-4-5-14-11(8)10(7)12/h4-6,12H,3H2,1-2H3. The van der Waals surface area contributed by atoms with Crippen LogP contribution in [0.1, 0.15) is 12.5 Å². The number of phenolic OH excluding ortho intramolecular Hbond substituents is 1. The molecule has 0 unspecified atom stereocenters. The lowest BCUT2D eigenvalue weighted by molar-refractivity contribution is 0.417. The van der Waals surface area contributed by atoms with Crippen LogP contribution in [0.5, 0.6) is 11.5 Å². The highest BCUT2D eigenvalue weighted by Crippen LogP contribution is 2.39. The molecule has 1 N–H and O–H groups in total. The van der Waals surface area contributed by atoms with E-state index in [1.165, 1.54) is 0 Å². The number of ether oxygens (including phenoxy) is 1. The zero-order valence-corrected chi connectivity index (χ0v) is 9.02. The van der Waals surface area contributed by atoms with E-state index in [-0.39, 0.29) is 0 Å². The number of fused-ring (bicyclic) bond motifs is 1. The molecule has 14 heavy (non-hydrogen) atoms. The first-order valence-electron chi connectivity index (χ1n) is 4.54. The van der Waals surface area contributed by atoms with E-state index in [9.17, 15) is 5.11 Å². The van der Waals surface area contributed by atoms with Crippen molar-refractivity contribution in [2.75, 3.05) is 7.11 Å². The molecule has 2 nitrogen and oxygen atoms in total.